The predicted molar refractivity (Wildman–Crippen MR) is 116 cm³/mol. The summed E-state index contributed by atoms with van der Waals surface area (Å²) in [5.41, 5.74) is 9.93. The second kappa shape index (κ2) is 8.67. The highest BCUT2D eigenvalue weighted by Crippen LogP contribution is 2.31. The standard InChI is InChI=1S/C24H29N3O2/c1-24(2,3)29-23(28)27-14-12-19(13-15-27)22(25)18-10-8-17(9-11-18)20-6-5-7-21(16-20)26-4/h5-11,16,19,22H,12-15,25H2,1-3H3. The summed E-state index contributed by atoms with van der Waals surface area (Å²) >= 11 is 0. The lowest BCUT2D eigenvalue weighted by molar-refractivity contribution is 0.0174. The summed E-state index contributed by atoms with van der Waals surface area (Å²) in [4.78, 5) is 17.5. The largest absolute Gasteiger partial charge is 0.444 e. The number of amides is 1. The maximum Gasteiger partial charge on any atom is 0.410 e. The molecule has 2 N–H and O–H groups in total. The minimum absolute atomic E-state index is 0.0561. The summed E-state index contributed by atoms with van der Waals surface area (Å²) in [5, 5.41) is 0. The van der Waals surface area contributed by atoms with Crippen LogP contribution in [0.2, 0.25) is 0 Å². The van der Waals surface area contributed by atoms with E-state index in [0.29, 0.717) is 24.7 Å². The van der Waals surface area contributed by atoms with Gasteiger partial charge in [0.1, 0.15) is 5.60 Å². The molecule has 29 heavy (non-hydrogen) atoms. The third-order valence-corrected chi connectivity index (χ3v) is 5.30. The lowest BCUT2D eigenvalue weighted by Gasteiger charge is -2.35. The Hall–Kier alpha value is -2.84. The van der Waals surface area contributed by atoms with Gasteiger partial charge >= 0.3 is 6.09 Å². The van der Waals surface area contributed by atoms with Crippen molar-refractivity contribution >= 4 is 11.8 Å². The van der Waals surface area contributed by atoms with Crippen molar-refractivity contribution in [2.45, 2.75) is 45.3 Å². The average Bonchev–Trinajstić information content (AvgIpc) is 2.72. The SMILES string of the molecule is [C-]#[N+]c1cccc(-c2ccc(C(N)C3CCN(C(=O)OC(C)(C)C)CC3)cc2)c1. The van der Waals surface area contributed by atoms with E-state index in [0.717, 1.165) is 29.5 Å². The molecule has 1 fully saturated rings. The quantitative estimate of drug-likeness (QED) is 0.698. The highest BCUT2D eigenvalue weighted by molar-refractivity contribution is 5.69. The number of carbonyl (C=O) groups excluding carboxylic acids is 1. The van der Waals surface area contributed by atoms with E-state index in [-0.39, 0.29) is 12.1 Å². The van der Waals surface area contributed by atoms with E-state index in [1.165, 1.54) is 0 Å². The first-order valence-electron chi connectivity index (χ1n) is 10.1. The average molecular weight is 392 g/mol. The first-order chi connectivity index (χ1) is 13.8. The predicted octanol–water partition coefficient (Wildman–Crippen LogP) is 5.55. The number of hydrogen-bond acceptors (Lipinski definition) is 3. The van der Waals surface area contributed by atoms with E-state index < -0.39 is 5.60 Å². The molecule has 0 saturated carbocycles. The van der Waals surface area contributed by atoms with Gasteiger partial charge in [0.05, 0.1) is 6.57 Å². The molecule has 1 amide bonds. The van der Waals surface area contributed by atoms with Gasteiger partial charge in [-0.1, -0.05) is 42.5 Å². The summed E-state index contributed by atoms with van der Waals surface area (Å²) in [6, 6.07) is 15.8. The smallest absolute Gasteiger partial charge is 0.410 e. The number of rotatable bonds is 3. The van der Waals surface area contributed by atoms with E-state index in [2.05, 4.69) is 29.1 Å². The van der Waals surface area contributed by atoms with Crippen LogP contribution in [-0.4, -0.2) is 29.7 Å². The highest BCUT2D eigenvalue weighted by atomic mass is 16.6. The summed E-state index contributed by atoms with van der Waals surface area (Å²) in [7, 11) is 0. The van der Waals surface area contributed by atoms with E-state index in [4.69, 9.17) is 17.0 Å². The van der Waals surface area contributed by atoms with E-state index in [9.17, 15) is 4.79 Å². The zero-order chi connectivity index (χ0) is 21.0. The Labute approximate surface area is 173 Å². The molecule has 0 radical (unpaired) electrons. The Kier molecular flexibility index (Phi) is 6.24. The van der Waals surface area contributed by atoms with E-state index >= 15 is 0 Å². The van der Waals surface area contributed by atoms with Crippen LogP contribution in [0.3, 0.4) is 0 Å². The van der Waals surface area contributed by atoms with Gasteiger partial charge < -0.3 is 15.4 Å². The van der Waals surface area contributed by atoms with Gasteiger partial charge in [-0.05, 0) is 62.3 Å². The molecule has 3 rings (SSSR count). The number of hydrogen-bond donors (Lipinski definition) is 1. The minimum Gasteiger partial charge on any atom is -0.444 e. The van der Waals surface area contributed by atoms with Crippen LogP contribution < -0.4 is 5.73 Å². The number of piperidine rings is 1. The van der Waals surface area contributed by atoms with Crippen molar-refractivity contribution in [3.8, 4) is 11.1 Å². The Balaban J connectivity index is 1.61. The molecule has 1 unspecified atom stereocenters. The van der Waals surface area contributed by atoms with Crippen molar-refractivity contribution in [2.75, 3.05) is 13.1 Å². The Bertz CT molecular complexity index is 886. The fourth-order valence-corrected chi connectivity index (χ4v) is 3.69. The lowest BCUT2D eigenvalue weighted by atomic mass is 9.85. The topological polar surface area (TPSA) is 59.9 Å². The molecule has 5 nitrogen and oxygen atoms in total. The second-order valence-corrected chi connectivity index (χ2v) is 8.61. The molecule has 0 aliphatic carbocycles. The van der Waals surface area contributed by atoms with Crippen molar-refractivity contribution in [3.63, 3.8) is 0 Å². The molecule has 2 aromatic carbocycles. The maximum atomic E-state index is 12.2. The van der Waals surface area contributed by atoms with Crippen LogP contribution >= 0.6 is 0 Å². The second-order valence-electron chi connectivity index (χ2n) is 8.61. The van der Waals surface area contributed by atoms with Gasteiger partial charge in [-0.2, -0.15) is 0 Å². The van der Waals surface area contributed by atoms with Crippen LogP contribution in [0.25, 0.3) is 16.0 Å². The van der Waals surface area contributed by atoms with Gasteiger partial charge in [0.2, 0.25) is 0 Å². The summed E-state index contributed by atoms with van der Waals surface area (Å²) < 4.78 is 5.47. The van der Waals surface area contributed by atoms with Gasteiger partial charge in [-0.3, -0.25) is 0 Å². The molecule has 1 heterocycles. The molecule has 5 heteroatoms. The molecular formula is C24H29N3O2. The van der Waals surface area contributed by atoms with Gasteiger partial charge in [-0.25, -0.2) is 9.64 Å². The number of benzene rings is 2. The van der Waals surface area contributed by atoms with Crippen LogP contribution in [0.4, 0.5) is 10.5 Å². The monoisotopic (exact) mass is 391 g/mol. The highest BCUT2D eigenvalue weighted by Gasteiger charge is 2.29. The first kappa shape index (κ1) is 20.9. The van der Waals surface area contributed by atoms with Crippen LogP contribution in [-0.2, 0) is 4.74 Å². The number of nitrogens with zero attached hydrogens (tertiary/aromatic N) is 2. The minimum atomic E-state index is -0.472. The third-order valence-electron chi connectivity index (χ3n) is 5.30. The fourth-order valence-electron chi connectivity index (χ4n) is 3.69. The normalized spacial score (nSPS) is 16.2. The molecule has 0 bridgehead atoms. The first-order valence-corrected chi connectivity index (χ1v) is 10.1. The van der Waals surface area contributed by atoms with E-state index in [1.54, 1.807) is 4.90 Å². The zero-order valence-corrected chi connectivity index (χ0v) is 17.4. The molecule has 152 valence electrons. The molecule has 2 aromatic rings. The Morgan fingerprint density at radius 2 is 1.79 bits per heavy atom. The van der Waals surface area contributed by atoms with Crippen molar-refractivity contribution in [3.05, 3.63) is 65.5 Å². The number of ether oxygens (including phenoxy) is 1. The molecule has 0 aromatic heterocycles. The summed E-state index contributed by atoms with van der Waals surface area (Å²) in [5.74, 6) is 0.338. The molecule has 1 saturated heterocycles. The zero-order valence-electron chi connectivity index (χ0n) is 17.4. The number of likely N-dealkylation sites (tertiary alicyclic amines) is 1. The molecular weight excluding hydrogens is 362 g/mol. The maximum absolute atomic E-state index is 12.2. The molecule has 1 atom stereocenters. The van der Waals surface area contributed by atoms with Crippen molar-refractivity contribution < 1.29 is 9.53 Å². The molecule has 1 aliphatic rings. The van der Waals surface area contributed by atoms with Crippen molar-refractivity contribution in [2.24, 2.45) is 11.7 Å². The van der Waals surface area contributed by atoms with Crippen LogP contribution in [0, 0.1) is 12.5 Å². The third kappa shape index (κ3) is 5.36. The lowest BCUT2D eigenvalue weighted by Crippen LogP contribution is -2.43. The van der Waals surface area contributed by atoms with Crippen LogP contribution in [0.5, 0.6) is 0 Å². The summed E-state index contributed by atoms with van der Waals surface area (Å²) in [6.07, 6.45) is 1.50. The number of nitrogens with two attached hydrogens (primary N) is 1. The van der Waals surface area contributed by atoms with Crippen molar-refractivity contribution in [1.29, 1.82) is 0 Å². The van der Waals surface area contributed by atoms with Gasteiger partial charge in [0.15, 0.2) is 5.69 Å². The van der Waals surface area contributed by atoms with Crippen LogP contribution in [0.15, 0.2) is 48.5 Å². The summed E-state index contributed by atoms with van der Waals surface area (Å²) in [6.45, 7) is 14.2. The van der Waals surface area contributed by atoms with Gasteiger partial charge in [-0.15, -0.1) is 0 Å². The van der Waals surface area contributed by atoms with Gasteiger partial charge in [0, 0.05) is 19.1 Å². The Morgan fingerprint density at radius 1 is 1.14 bits per heavy atom. The van der Waals surface area contributed by atoms with E-state index in [1.807, 2.05) is 45.0 Å². The van der Waals surface area contributed by atoms with Gasteiger partial charge in [0.25, 0.3) is 0 Å². The molecule has 0 spiro atoms. The fraction of sp³-hybridized carbons (Fsp3) is 0.417. The number of carbonyl (C=O) groups is 1. The van der Waals surface area contributed by atoms with Crippen molar-refractivity contribution in [1.82, 2.24) is 4.90 Å². The van der Waals surface area contributed by atoms with Crippen LogP contribution in [0.1, 0.15) is 45.2 Å². The Morgan fingerprint density at radius 3 is 2.38 bits per heavy atom. The molecule has 1 aliphatic heterocycles.